The summed E-state index contributed by atoms with van der Waals surface area (Å²) < 4.78 is 52.2. The Bertz CT molecular complexity index is 1240. The zero-order valence-corrected chi connectivity index (χ0v) is 19.7. The number of hydrogen-bond acceptors (Lipinski definition) is 7. The van der Waals surface area contributed by atoms with E-state index in [0.29, 0.717) is 28.3 Å². The molecule has 0 aliphatic carbocycles. The molecule has 0 aliphatic rings. The van der Waals surface area contributed by atoms with Crippen molar-refractivity contribution in [1.82, 2.24) is 0 Å². The lowest BCUT2D eigenvalue weighted by atomic mass is 10.2. The van der Waals surface area contributed by atoms with Gasteiger partial charge in [-0.25, -0.2) is 9.59 Å². The van der Waals surface area contributed by atoms with E-state index in [0.717, 1.165) is 0 Å². The maximum atomic E-state index is 12.3. The number of alkyl halides is 3. The van der Waals surface area contributed by atoms with Crippen LogP contribution in [-0.4, -0.2) is 24.7 Å². The summed E-state index contributed by atoms with van der Waals surface area (Å²) in [6.45, 7) is -0.0750. The Morgan fingerprint density at radius 3 is 2.22 bits per heavy atom. The molecule has 0 spiro atoms. The zero-order valence-electron chi connectivity index (χ0n) is 19.7. The fourth-order valence-corrected chi connectivity index (χ4v) is 3.07. The molecular formula is C27H25F3N2O5. The Labute approximate surface area is 211 Å². The molecule has 0 heterocycles. The second-order valence-corrected chi connectivity index (χ2v) is 7.95. The number of halogens is 3. The third kappa shape index (κ3) is 9.25. The molecule has 194 valence electrons. The van der Waals surface area contributed by atoms with E-state index in [1.54, 1.807) is 48.5 Å². The molecule has 0 saturated carbocycles. The number of hydrogen-bond donors (Lipinski definition) is 2. The molecule has 37 heavy (non-hydrogen) atoms. The number of rotatable bonds is 10. The van der Waals surface area contributed by atoms with Gasteiger partial charge in [-0.15, -0.1) is 0 Å². The molecule has 0 atom stereocenters. The molecule has 0 fully saturated rings. The number of ether oxygens (including phenoxy) is 3. The van der Waals surface area contributed by atoms with E-state index in [4.69, 9.17) is 25.7 Å². The van der Waals surface area contributed by atoms with E-state index in [1.807, 2.05) is 0 Å². The lowest BCUT2D eigenvalue weighted by Crippen LogP contribution is -2.10. The molecule has 0 amide bonds. The van der Waals surface area contributed by atoms with Crippen molar-refractivity contribution in [1.29, 1.82) is 0 Å². The normalized spacial score (nSPS) is 11.3. The van der Waals surface area contributed by atoms with E-state index < -0.39 is 24.5 Å². The van der Waals surface area contributed by atoms with Gasteiger partial charge in [-0.2, -0.15) is 13.2 Å². The summed E-state index contributed by atoms with van der Waals surface area (Å²) in [5, 5.41) is 0. The number of anilines is 2. The van der Waals surface area contributed by atoms with Gasteiger partial charge >= 0.3 is 18.1 Å². The molecule has 3 aromatic rings. The number of benzene rings is 3. The van der Waals surface area contributed by atoms with Gasteiger partial charge in [0.1, 0.15) is 18.1 Å². The van der Waals surface area contributed by atoms with Crippen LogP contribution in [0.2, 0.25) is 0 Å². The predicted octanol–water partition coefficient (Wildman–Crippen LogP) is 5.55. The lowest BCUT2D eigenvalue weighted by molar-refractivity contribution is -0.139. The van der Waals surface area contributed by atoms with Crippen LogP contribution in [0.3, 0.4) is 0 Å². The van der Waals surface area contributed by atoms with Crippen LogP contribution in [0.4, 0.5) is 24.5 Å². The topological polar surface area (TPSA) is 114 Å². The van der Waals surface area contributed by atoms with Crippen LogP contribution in [0.15, 0.2) is 72.8 Å². The number of nitrogen functional groups attached to an aromatic ring is 2. The van der Waals surface area contributed by atoms with Gasteiger partial charge in [-0.3, -0.25) is 0 Å². The third-order valence-electron chi connectivity index (χ3n) is 5.01. The van der Waals surface area contributed by atoms with Gasteiger partial charge in [0.25, 0.3) is 0 Å². The van der Waals surface area contributed by atoms with Crippen LogP contribution >= 0.6 is 0 Å². The molecule has 4 N–H and O–H groups in total. The summed E-state index contributed by atoms with van der Waals surface area (Å²) in [5.74, 6) is -0.529. The van der Waals surface area contributed by atoms with Crippen molar-refractivity contribution < 1.29 is 37.0 Å². The highest BCUT2D eigenvalue weighted by molar-refractivity contribution is 5.91. The Morgan fingerprint density at radius 1 is 0.892 bits per heavy atom. The molecule has 0 unspecified atom stereocenters. The summed E-state index contributed by atoms with van der Waals surface area (Å²) in [6.07, 6.45) is -2.48. The minimum absolute atomic E-state index is 0.00926. The van der Waals surface area contributed by atoms with Crippen molar-refractivity contribution in [2.75, 3.05) is 18.1 Å². The average Bonchev–Trinajstić information content (AvgIpc) is 2.85. The monoisotopic (exact) mass is 514 g/mol. The fourth-order valence-electron chi connectivity index (χ4n) is 3.07. The Morgan fingerprint density at radius 2 is 1.57 bits per heavy atom. The Hall–Kier alpha value is -4.47. The molecule has 3 aromatic carbocycles. The summed E-state index contributed by atoms with van der Waals surface area (Å²) in [6, 6.07) is 17.3. The van der Waals surface area contributed by atoms with Gasteiger partial charge in [0, 0.05) is 29.4 Å². The van der Waals surface area contributed by atoms with Crippen molar-refractivity contribution in [2.24, 2.45) is 0 Å². The second-order valence-electron chi connectivity index (χ2n) is 7.95. The molecule has 10 heteroatoms. The van der Waals surface area contributed by atoms with E-state index in [9.17, 15) is 22.8 Å². The first-order chi connectivity index (χ1) is 17.6. The number of nitrogens with two attached hydrogens (primary N) is 2. The van der Waals surface area contributed by atoms with Crippen LogP contribution in [0, 0.1) is 0 Å². The standard InChI is InChI=1S/C27H25F3N2O5/c28-27(29,30)14-1-15-35-22-11-6-19(7-12-22)26(34)37-23-9-2-18(3-10-23)4-13-25(33)36-17-20-5-8-21(31)16-24(20)32/h2-13,16H,1,14-15,17,31-32H2/b13-4-. The highest BCUT2D eigenvalue weighted by Gasteiger charge is 2.26. The summed E-state index contributed by atoms with van der Waals surface area (Å²) in [4.78, 5) is 24.3. The first-order valence-electron chi connectivity index (χ1n) is 11.2. The van der Waals surface area contributed by atoms with Gasteiger partial charge < -0.3 is 25.7 Å². The quantitative estimate of drug-likeness (QED) is 0.120. The third-order valence-corrected chi connectivity index (χ3v) is 5.01. The highest BCUT2D eigenvalue weighted by atomic mass is 19.4. The molecule has 0 aliphatic heterocycles. The second kappa shape index (κ2) is 12.5. The maximum Gasteiger partial charge on any atom is 0.389 e. The number of carbonyl (C=O) groups excluding carboxylic acids is 2. The first-order valence-corrected chi connectivity index (χ1v) is 11.2. The Kier molecular flexibility index (Phi) is 9.15. The van der Waals surface area contributed by atoms with Gasteiger partial charge in [0.05, 0.1) is 12.2 Å². The Balaban J connectivity index is 1.45. The summed E-state index contributed by atoms with van der Waals surface area (Å²) in [7, 11) is 0. The SMILES string of the molecule is Nc1ccc(COC(=O)/C=C\c2ccc(OC(=O)c3ccc(OCCCC(F)(F)F)cc3)cc2)c(N)c1. The van der Waals surface area contributed by atoms with E-state index >= 15 is 0 Å². The largest absolute Gasteiger partial charge is 0.494 e. The molecule has 7 nitrogen and oxygen atoms in total. The van der Waals surface area contributed by atoms with Gasteiger partial charge in [-0.05, 0) is 66.6 Å². The number of esters is 2. The van der Waals surface area contributed by atoms with Crippen molar-refractivity contribution in [2.45, 2.75) is 25.6 Å². The van der Waals surface area contributed by atoms with Crippen molar-refractivity contribution >= 4 is 29.4 Å². The molecule has 0 aromatic heterocycles. The molecule has 3 rings (SSSR count). The highest BCUT2D eigenvalue weighted by Crippen LogP contribution is 2.22. The fraction of sp³-hybridized carbons (Fsp3) is 0.185. The van der Waals surface area contributed by atoms with Crippen LogP contribution in [-0.2, 0) is 16.1 Å². The maximum absolute atomic E-state index is 12.3. The molecule has 0 bridgehead atoms. The smallest absolute Gasteiger partial charge is 0.389 e. The minimum atomic E-state index is -4.22. The minimum Gasteiger partial charge on any atom is -0.494 e. The van der Waals surface area contributed by atoms with E-state index in [2.05, 4.69) is 0 Å². The molecule has 0 saturated heterocycles. The van der Waals surface area contributed by atoms with Crippen LogP contribution in [0.1, 0.15) is 34.3 Å². The predicted molar refractivity (Wildman–Crippen MR) is 133 cm³/mol. The van der Waals surface area contributed by atoms with Crippen LogP contribution < -0.4 is 20.9 Å². The average molecular weight is 515 g/mol. The van der Waals surface area contributed by atoms with Gasteiger partial charge in [0.15, 0.2) is 0 Å². The summed E-state index contributed by atoms with van der Waals surface area (Å²) >= 11 is 0. The van der Waals surface area contributed by atoms with Crippen LogP contribution in [0.5, 0.6) is 11.5 Å². The van der Waals surface area contributed by atoms with E-state index in [1.165, 1.54) is 30.3 Å². The van der Waals surface area contributed by atoms with Crippen molar-refractivity contribution in [3.63, 3.8) is 0 Å². The first kappa shape index (κ1) is 27.1. The molecular weight excluding hydrogens is 489 g/mol. The zero-order chi connectivity index (χ0) is 26.8. The summed E-state index contributed by atoms with van der Waals surface area (Å²) in [5.41, 5.74) is 14.0. The number of carbonyl (C=O) groups is 2. The van der Waals surface area contributed by atoms with Crippen molar-refractivity contribution in [3.8, 4) is 11.5 Å². The van der Waals surface area contributed by atoms with Gasteiger partial charge in [-0.1, -0.05) is 18.2 Å². The van der Waals surface area contributed by atoms with E-state index in [-0.39, 0.29) is 30.9 Å². The van der Waals surface area contributed by atoms with Gasteiger partial charge in [0.2, 0.25) is 0 Å². The van der Waals surface area contributed by atoms with Crippen LogP contribution in [0.25, 0.3) is 6.08 Å². The molecule has 0 radical (unpaired) electrons. The lowest BCUT2D eigenvalue weighted by Gasteiger charge is -2.09. The van der Waals surface area contributed by atoms with Crippen molar-refractivity contribution in [3.05, 3.63) is 89.5 Å².